The summed E-state index contributed by atoms with van der Waals surface area (Å²) >= 11 is 1.53. The third-order valence-electron chi connectivity index (χ3n) is 4.42. The van der Waals surface area contributed by atoms with Crippen molar-refractivity contribution in [3.8, 4) is 0 Å². The van der Waals surface area contributed by atoms with E-state index in [1.807, 2.05) is 25.6 Å². The number of ether oxygens (including phenoxy) is 2. The van der Waals surface area contributed by atoms with E-state index in [-0.39, 0.29) is 5.97 Å². The minimum Gasteiger partial charge on any atom is -0.466 e. The number of likely N-dealkylation sites (tertiary alicyclic amines) is 1. The number of nitrogens with zero attached hydrogens (tertiary/aromatic N) is 3. The zero-order valence-corrected chi connectivity index (χ0v) is 15.6. The minimum atomic E-state index is -0.468. The molecule has 0 aliphatic carbocycles. The van der Waals surface area contributed by atoms with Crippen molar-refractivity contribution in [2.45, 2.75) is 37.9 Å². The van der Waals surface area contributed by atoms with Gasteiger partial charge < -0.3 is 9.47 Å². The van der Waals surface area contributed by atoms with Crippen LogP contribution in [0.3, 0.4) is 0 Å². The van der Waals surface area contributed by atoms with Crippen molar-refractivity contribution in [2.75, 3.05) is 39.7 Å². The first-order valence-corrected chi connectivity index (χ1v) is 9.59. The summed E-state index contributed by atoms with van der Waals surface area (Å²) in [5, 5.41) is 0.776. The molecule has 0 saturated carbocycles. The van der Waals surface area contributed by atoms with Gasteiger partial charge in [0.25, 0.3) is 0 Å². The number of carbonyl (C=O) groups excluding carboxylic acids is 1. The standard InChI is InChI=1S/C17H27N3O3S/c1-4-23-15(21)17(7-9-22-2)6-5-8-20(13-17)12-14-10-18-16(24-3)19-11-14/h10-11H,4-9,12-13H2,1-3H3. The molecule has 7 heteroatoms. The highest BCUT2D eigenvalue weighted by Crippen LogP contribution is 2.35. The lowest BCUT2D eigenvalue weighted by molar-refractivity contribution is -0.160. The highest BCUT2D eigenvalue weighted by atomic mass is 32.2. The molecule has 0 bridgehead atoms. The number of esters is 1. The Morgan fingerprint density at radius 2 is 2.17 bits per heavy atom. The molecule has 1 atom stereocenters. The van der Waals surface area contributed by atoms with Gasteiger partial charge in [0.05, 0.1) is 12.0 Å². The second-order valence-electron chi connectivity index (χ2n) is 6.14. The van der Waals surface area contributed by atoms with Crippen LogP contribution in [0.5, 0.6) is 0 Å². The molecule has 1 aromatic rings. The number of thioether (sulfide) groups is 1. The Kier molecular flexibility index (Phi) is 7.45. The summed E-state index contributed by atoms with van der Waals surface area (Å²) in [4.78, 5) is 23.5. The molecule has 1 fully saturated rings. The Balaban J connectivity index is 2.06. The lowest BCUT2D eigenvalue weighted by Gasteiger charge is -2.40. The van der Waals surface area contributed by atoms with Crippen LogP contribution in [0.1, 0.15) is 31.7 Å². The fourth-order valence-corrected chi connectivity index (χ4v) is 3.52. The highest BCUT2D eigenvalue weighted by Gasteiger charge is 2.43. The fourth-order valence-electron chi connectivity index (χ4n) is 3.20. The second kappa shape index (κ2) is 9.34. The van der Waals surface area contributed by atoms with Crippen LogP contribution in [-0.4, -0.2) is 60.5 Å². The normalized spacial score (nSPS) is 21.6. The summed E-state index contributed by atoms with van der Waals surface area (Å²) in [6, 6.07) is 0. The van der Waals surface area contributed by atoms with Gasteiger partial charge in [0.15, 0.2) is 5.16 Å². The SMILES string of the molecule is CCOC(=O)C1(CCOC)CCCN(Cc2cnc(SC)nc2)C1. The number of methoxy groups -OCH3 is 1. The lowest BCUT2D eigenvalue weighted by Crippen LogP contribution is -2.48. The van der Waals surface area contributed by atoms with Gasteiger partial charge in [0, 0.05) is 44.8 Å². The average molecular weight is 353 g/mol. The molecule has 0 amide bonds. The quantitative estimate of drug-likeness (QED) is 0.404. The van der Waals surface area contributed by atoms with Gasteiger partial charge in [-0.05, 0) is 39.0 Å². The van der Waals surface area contributed by atoms with E-state index in [1.54, 1.807) is 7.11 Å². The molecular formula is C17H27N3O3S. The van der Waals surface area contributed by atoms with Crippen LogP contribution in [0.15, 0.2) is 17.6 Å². The van der Waals surface area contributed by atoms with Crippen LogP contribution in [0.25, 0.3) is 0 Å². The van der Waals surface area contributed by atoms with Gasteiger partial charge in [0.1, 0.15) is 0 Å². The molecule has 0 spiro atoms. The topological polar surface area (TPSA) is 64.6 Å². The van der Waals surface area contributed by atoms with E-state index in [4.69, 9.17) is 9.47 Å². The van der Waals surface area contributed by atoms with Crippen molar-refractivity contribution >= 4 is 17.7 Å². The van der Waals surface area contributed by atoms with Crippen LogP contribution in [0.2, 0.25) is 0 Å². The van der Waals surface area contributed by atoms with E-state index in [0.717, 1.165) is 36.7 Å². The molecule has 24 heavy (non-hydrogen) atoms. The van der Waals surface area contributed by atoms with Crippen molar-refractivity contribution in [2.24, 2.45) is 5.41 Å². The number of hydrogen-bond acceptors (Lipinski definition) is 7. The van der Waals surface area contributed by atoms with Crippen molar-refractivity contribution < 1.29 is 14.3 Å². The fraction of sp³-hybridized carbons (Fsp3) is 0.706. The first-order chi connectivity index (χ1) is 11.6. The third-order valence-corrected chi connectivity index (χ3v) is 5.00. The van der Waals surface area contributed by atoms with Crippen LogP contribution >= 0.6 is 11.8 Å². The predicted octanol–water partition coefficient (Wildman–Crippen LogP) is 2.38. The van der Waals surface area contributed by atoms with E-state index in [0.29, 0.717) is 26.2 Å². The van der Waals surface area contributed by atoms with Gasteiger partial charge in [0.2, 0.25) is 0 Å². The van der Waals surface area contributed by atoms with Crippen molar-refractivity contribution in [3.63, 3.8) is 0 Å². The van der Waals surface area contributed by atoms with Crippen molar-refractivity contribution in [1.82, 2.24) is 14.9 Å². The zero-order chi connectivity index (χ0) is 17.4. The van der Waals surface area contributed by atoms with Crippen molar-refractivity contribution in [1.29, 1.82) is 0 Å². The molecule has 1 aliphatic rings. The summed E-state index contributed by atoms with van der Waals surface area (Å²) in [6.45, 7) is 5.25. The second-order valence-corrected chi connectivity index (χ2v) is 6.91. The summed E-state index contributed by atoms with van der Waals surface area (Å²) in [6.07, 6.45) is 8.23. The third kappa shape index (κ3) is 4.91. The molecule has 134 valence electrons. The summed E-state index contributed by atoms with van der Waals surface area (Å²) in [5.74, 6) is -0.0965. The maximum Gasteiger partial charge on any atom is 0.313 e. The molecule has 0 N–H and O–H groups in total. The van der Waals surface area contributed by atoms with Crippen LogP contribution in [0, 0.1) is 5.41 Å². The first-order valence-electron chi connectivity index (χ1n) is 8.37. The van der Waals surface area contributed by atoms with Gasteiger partial charge in [-0.1, -0.05) is 11.8 Å². The van der Waals surface area contributed by atoms with Gasteiger partial charge in [-0.15, -0.1) is 0 Å². The molecule has 2 rings (SSSR count). The van der Waals surface area contributed by atoms with Crippen LogP contribution in [-0.2, 0) is 20.8 Å². The molecular weight excluding hydrogens is 326 g/mol. The molecule has 6 nitrogen and oxygen atoms in total. The molecule has 1 aliphatic heterocycles. The van der Waals surface area contributed by atoms with Gasteiger partial charge in [-0.3, -0.25) is 9.69 Å². The average Bonchev–Trinajstić information content (AvgIpc) is 2.61. The van der Waals surface area contributed by atoms with Crippen LogP contribution in [0.4, 0.5) is 0 Å². The summed E-state index contributed by atoms with van der Waals surface area (Å²) < 4.78 is 10.6. The van der Waals surface area contributed by atoms with Gasteiger partial charge >= 0.3 is 5.97 Å². The zero-order valence-electron chi connectivity index (χ0n) is 14.8. The van der Waals surface area contributed by atoms with Gasteiger partial charge in [-0.25, -0.2) is 9.97 Å². The predicted molar refractivity (Wildman–Crippen MR) is 93.9 cm³/mol. The Morgan fingerprint density at radius 1 is 1.42 bits per heavy atom. The number of hydrogen-bond donors (Lipinski definition) is 0. The first kappa shape index (κ1) is 19.1. The van der Waals surface area contributed by atoms with Crippen LogP contribution < -0.4 is 0 Å². The number of carbonyl (C=O) groups is 1. The lowest BCUT2D eigenvalue weighted by atomic mass is 9.77. The van der Waals surface area contributed by atoms with Crippen molar-refractivity contribution in [3.05, 3.63) is 18.0 Å². The molecule has 2 heterocycles. The molecule has 0 radical (unpaired) electrons. The number of aromatic nitrogens is 2. The largest absolute Gasteiger partial charge is 0.466 e. The van der Waals surface area contributed by atoms with E-state index in [2.05, 4.69) is 14.9 Å². The number of piperidine rings is 1. The maximum absolute atomic E-state index is 12.6. The monoisotopic (exact) mass is 353 g/mol. The molecule has 0 aromatic carbocycles. The maximum atomic E-state index is 12.6. The smallest absolute Gasteiger partial charge is 0.313 e. The Labute approximate surface area is 148 Å². The summed E-state index contributed by atoms with van der Waals surface area (Å²) in [5.41, 5.74) is 0.601. The van der Waals surface area contributed by atoms with E-state index in [9.17, 15) is 4.79 Å². The van der Waals surface area contributed by atoms with Gasteiger partial charge in [-0.2, -0.15) is 0 Å². The minimum absolute atomic E-state index is 0.0965. The number of rotatable bonds is 8. The Bertz CT molecular complexity index is 526. The highest BCUT2D eigenvalue weighted by molar-refractivity contribution is 7.98. The Hall–Kier alpha value is -1.18. The molecule has 1 unspecified atom stereocenters. The van der Waals surface area contributed by atoms with E-state index >= 15 is 0 Å². The van der Waals surface area contributed by atoms with E-state index < -0.39 is 5.41 Å². The Morgan fingerprint density at radius 3 is 2.79 bits per heavy atom. The van der Waals surface area contributed by atoms with E-state index in [1.165, 1.54) is 11.8 Å². The summed E-state index contributed by atoms with van der Waals surface area (Å²) in [7, 11) is 1.67. The molecule has 1 saturated heterocycles. The molecule has 1 aromatic heterocycles.